The van der Waals surface area contributed by atoms with Crippen LogP contribution in [0.2, 0.25) is 0 Å². The first-order valence-corrected chi connectivity index (χ1v) is 9.86. The molecule has 3 aromatic heterocycles. The lowest BCUT2D eigenvalue weighted by molar-refractivity contribution is 0.663. The van der Waals surface area contributed by atoms with Gasteiger partial charge in [-0.05, 0) is 49.1 Å². The van der Waals surface area contributed by atoms with Gasteiger partial charge in [0.05, 0.1) is 11.4 Å². The second-order valence-corrected chi connectivity index (χ2v) is 7.40. The maximum Gasteiger partial charge on any atom is 0.191 e. The van der Waals surface area contributed by atoms with E-state index in [-0.39, 0.29) is 5.83 Å². The van der Waals surface area contributed by atoms with Gasteiger partial charge < -0.3 is 4.90 Å². The molecule has 4 nitrogen and oxygen atoms in total. The molecule has 0 saturated carbocycles. The zero-order chi connectivity index (χ0) is 19.0. The fourth-order valence-corrected chi connectivity index (χ4v) is 4.02. The van der Waals surface area contributed by atoms with Crippen LogP contribution in [0.3, 0.4) is 0 Å². The van der Waals surface area contributed by atoms with Crippen LogP contribution in [0.1, 0.15) is 30.3 Å². The van der Waals surface area contributed by atoms with E-state index in [0.717, 1.165) is 40.0 Å². The normalized spacial score (nSPS) is 14.2. The molecule has 3 heterocycles. The van der Waals surface area contributed by atoms with Crippen molar-refractivity contribution in [2.24, 2.45) is 0 Å². The minimum Gasteiger partial charge on any atom is -0.305 e. The molecule has 3 aromatic rings. The van der Waals surface area contributed by atoms with Crippen molar-refractivity contribution in [3.8, 4) is 0 Å². The fraction of sp³-hybridized carbons (Fsp3) is 0.238. The number of aromatic nitrogens is 3. The summed E-state index contributed by atoms with van der Waals surface area (Å²) in [6, 6.07) is 4.12. The molecule has 6 heteroatoms. The summed E-state index contributed by atoms with van der Waals surface area (Å²) in [5, 5.41) is 2.90. The molecule has 1 aliphatic rings. The number of hydrogen-bond acceptors (Lipinski definition) is 4. The smallest absolute Gasteiger partial charge is 0.191 e. The Labute approximate surface area is 162 Å². The van der Waals surface area contributed by atoms with Crippen molar-refractivity contribution in [1.82, 2.24) is 14.4 Å². The molecule has 0 aromatic carbocycles. The number of pyridine rings is 1. The van der Waals surface area contributed by atoms with Crippen LogP contribution >= 0.6 is 11.3 Å². The highest BCUT2D eigenvalue weighted by Gasteiger charge is 2.19. The average molecular weight is 380 g/mol. The summed E-state index contributed by atoms with van der Waals surface area (Å²) in [5.74, 6) is 0.831. The lowest BCUT2D eigenvalue weighted by Gasteiger charge is -2.17. The second kappa shape index (κ2) is 7.12. The Kier molecular flexibility index (Phi) is 4.66. The SMILES string of the molecule is CCc1nc2ccc(C)cn2c1N(C)c1nc(C2=CCC=C(F)C=C2)cs1. The summed E-state index contributed by atoms with van der Waals surface area (Å²) in [6.07, 6.45) is 10.4. The van der Waals surface area contributed by atoms with Gasteiger partial charge in [-0.2, -0.15) is 0 Å². The molecule has 27 heavy (non-hydrogen) atoms. The van der Waals surface area contributed by atoms with E-state index in [1.807, 2.05) is 24.6 Å². The Morgan fingerprint density at radius 1 is 1.22 bits per heavy atom. The number of rotatable bonds is 4. The minimum absolute atomic E-state index is 0.206. The lowest BCUT2D eigenvalue weighted by atomic mass is 10.2. The molecule has 0 aliphatic heterocycles. The van der Waals surface area contributed by atoms with Crippen LogP contribution in [-0.4, -0.2) is 21.4 Å². The molecule has 138 valence electrons. The Morgan fingerprint density at radius 2 is 2.07 bits per heavy atom. The molecule has 4 rings (SSSR count). The van der Waals surface area contributed by atoms with Crippen molar-refractivity contribution in [2.75, 3.05) is 11.9 Å². The number of thiazole rings is 1. The van der Waals surface area contributed by atoms with Crippen molar-refractivity contribution < 1.29 is 4.39 Å². The van der Waals surface area contributed by atoms with Crippen LogP contribution < -0.4 is 4.90 Å². The van der Waals surface area contributed by atoms with Crippen LogP contribution in [0.5, 0.6) is 0 Å². The average Bonchev–Trinajstić information content (AvgIpc) is 3.22. The van der Waals surface area contributed by atoms with Gasteiger partial charge in [0.1, 0.15) is 17.3 Å². The van der Waals surface area contributed by atoms with Gasteiger partial charge in [0.25, 0.3) is 0 Å². The van der Waals surface area contributed by atoms with Crippen molar-refractivity contribution in [3.05, 3.63) is 70.8 Å². The Morgan fingerprint density at radius 3 is 2.89 bits per heavy atom. The molecule has 0 unspecified atom stereocenters. The third-order valence-electron chi connectivity index (χ3n) is 4.61. The zero-order valence-electron chi connectivity index (χ0n) is 15.6. The van der Waals surface area contributed by atoms with Crippen molar-refractivity contribution in [3.63, 3.8) is 0 Å². The summed E-state index contributed by atoms with van der Waals surface area (Å²) in [6.45, 7) is 4.19. The van der Waals surface area contributed by atoms with E-state index in [9.17, 15) is 4.39 Å². The topological polar surface area (TPSA) is 33.4 Å². The van der Waals surface area contributed by atoms with Crippen molar-refractivity contribution >= 4 is 33.5 Å². The van der Waals surface area contributed by atoms with Crippen LogP contribution in [0.25, 0.3) is 11.2 Å². The summed E-state index contributed by atoms with van der Waals surface area (Å²) < 4.78 is 15.5. The van der Waals surface area contributed by atoms with E-state index in [0.29, 0.717) is 6.42 Å². The van der Waals surface area contributed by atoms with Gasteiger partial charge in [0.15, 0.2) is 5.13 Å². The summed E-state index contributed by atoms with van der Waals surface area (Å²) in [7, 11) is 2.02. The Balaban J connectivity index is 1.72. The summed E-state index contributed by atoms with van der Waals surface area (Å²) in [5.41, 5.74) is 4.97. The maximum absolute atomic E-state index is 13.4. The zero-order valence-corrected chi connectivity index (χ0v) is 16.4. The van der Waals surface area contributed by atoms with Crippen molar-refractivity contribution in [2.45, 2.75) is 26.7 Å². The van der Waals surface area contributed by atoms with Crippen molar-refractivity contribution in [1.29, 1.82) is 0 Å². The highest BCUT2D eigenvalue weighted by Crippen LogP contribution is 2.33. The van der Waals surface area contributed by atoms with Gasteiger partial charge >= 0.3 is 0 Å². The molecule has 0 bridgehead atoms. The van der Waals surface area contributed by atoms with Gasteiger partial charge in [0, 0.05) is 18.6 Å². The van der Waals surface area contributed by atoms with Crippen LogP contribution in [-0.2, 0) is 6.42 Å². The minimum atomic E-state index is -0.206. The number of imidazole rings is 1. The highest BCUT2D eigenvalue weighted by atomic mass is 32.1. The molecule has 0 N–H and O–H groups in total. The van der Waals surface area contributed by atoms with E-state index < -0.39 is 0 Å². The van der Waals surface area contributed by atoms with Crippen LogP contribution in [0, 0.1) is 6.92 Å². The number of hydrogen-bond donors (Lipinski definition) is 0. The van der Waals surface area contributed by atoms with Crippen LogP contribution in [0.4, 0.5) is 15.3 Å². The predicted octanol–water partition coefficient (Wildman–Crippen LogP) is 5.63. The fourth-order valence-electron chi connectivity index (χ4n) is 3.21. The first-order chi connectivity index (χ1) is 13.1. The lowest BCUT2D eigenvalue weighted by Crippen LogP contribution is -2.13. The molecular weight excluding hydrogens is 359 g/mol. The maximum atomic E-state index is 13.4. The molecule has 0 amide bonds. The standard InChI is InChI=1S/C21H21FN4S/c1-4-17-20(26-12-14(2)8-11-19(26)23-17)25(3)21-24-18(13-27-21)15-6-5-7-16(22)10-9-15/h6-13H,4-5H2,1-3H3. The predicted molar refractivity (Wildman–Crippen MR) is 110 cm³/mol. The number of anilines is 2. The number of aryl methyl sites for hydroxylation is 2. The molecule has 1 aliphatic carbocycles. The van der Waals surface area contributed by atoms with E-state index in [1.54, 1.807) is 23.5 Å². The van der Waals surface area contributed by atoms with Gasteiger partial charge in [0.2, 0.25) is 0 Å². The van der Waals surface area contributed by atoms with E-state index in [1.165, 1.54) is 11.6 Å². The van der Waals surface area contributed by atoms with Gasteiger partial charge in [-0.25, -0.2) is 14.4 Å². The first kappa shape index (κ1) is 17.7. The quantitative estimate of drug-likeness (QED) is 0.588. The van der Waals surface area contributed by atoms with Gasteiger partial charge in [-0.15, -0.1) is 11.3 Å². The highest BCUT2D eigenvalue weighted by molar-refractivity contribution is 7.13. The third kappa shape index (κ3) is 3.32. The molecule has 0 spiro atoms. The molecule has 0 radical (unpaired) electrons. The Bertz CT molecular complexity index is 1090. The molecular formula is C21H21FN4S. The monoisotopic (exact) mass is 380 g/mol. The van der Waals surface area contributed by atoms with Gasteiger partial charge in [-0.3, -0.25) is 4.40 Å². The largest absolute Gasteiger partial charge is 0.305 e. The number of nitrogens with zero attached hydrogens (tertiary/aromatic N) is 4. The Hall–Kier alpha value is -2.73. The summed E-state index contributed by atoms with van der Waals surface area (Å²) >= 11 is 1.58. The van der Waals surface area contributed by atoms with E-state index in [2.05, 4.69) is 35.4 Å². The second-order valence-electron chi connectivity index (χ2n) is 6.56. The third-order valence-corrected chi connectivity index (χ3v) is 5.53. The van der Waals surface area contributed by atoms with E-state index >= 15 is 0 Å². The number of halogens is 1. The number of allylic oxidation sites excluding steroid dienone is 6. The van der Waals surface area contributed by atoms with Crippen LogP contribution in [0.15, 0.2) is 53.8 Å². The van der Waals surface area contributed by atoms with Gasteiger partial charge in [-0.1, -0.05) is 25.1 Å². The summed E-state index contributed by atoms with van der Waals surface area (Å²) in [4.78, 5) is 11.7. The molecule has 0 fully saturated rings. The first-order valence-electron chi connectivity index (χ1n) is 8.98. The molecule has 0 saturated heterocycles. The molecule has 0 atom stereocenters. The number of fused-ring (bicyclic) bond motifs is 1. The van der Waals surface area contributed by atoms with E-state index in [4.69, 9.17) is 9.97 Å².